The lowest BCUT2D eigenvalue weighted by Crippen LogP contribution is -2.44. The summed E-state index contributed by atoms with van der Waals surface area (Å²) in [7, 11) is 0. The Kier molecular flexibility index (Phi) is 2.99. The number of amides is 3. The molecule has 0 aliphatic carbocycles. The van der Waals surface area contributed by atoms with Crippen molar-refractivity contribution in [2.45, 2.75) is 5.54 Å². The summed E-state index contributed by atoms with van der Waals surface area (Å²) in [5, 5.41) is 2.76. The van der Waals surface area contributed by atoms with Gasteiger partial charge >= 0.3 is 6.03 Å². The molecule has 1 aliphatic rings. The zero-order chi connectivity index (χ0) is 14.2. The van der Waals surface area contributed by atoms with E-state index >= 15 is 0 Å². The Morgan fingerprint density at radius 1 is 0.850 bits per heavy atom. The van der Waals surface area contributed by atoms with E-state index in [0.717, 1.165) is 4.31 Å². The number of imide groups is 1. The Hall–Kier alpha value is -2.27. The highest BCUT2D eigenvalue weighted by Crippen LogP contribution is 2.36. The lowest BCUT2D eigenvalue weighted by Gasteiger charge is -2.27. The first-order chi connectivity index (χ1) is 9.66. The van der Waals surface area contributed by atoms with Gasteiger partial charge in [-0.3, -0.25) is 4.79 Å². The monoisotopic (exact) mass is 284 g/mol. The molecule has 5 heteroatoms. The van der Waals surface area contributed by atoms with Gasteiger partial charge in [-0.25, -0.2) is 9.10 Å². The minimum atomic E-state index is -1.21. The van der Waals surface area contributed by atoms with Crippen molar-refractivity contribution in [3.63, 3.8) is 0 Å². The average molecular weight is 284 g/mol. The molecule has 2 aromatic carbocycles. The number of nitrogens with one attached hydrogen (secondary N) is 1. The van der Waals surface area contributed by atoms with E-state index in [1.165, 1.54) is 0 Å². The van der Waals surface area contributed by atoms with E-state index in [-0.39, 0.29) is 0 Å². The van der Waals surface area contributed by atoms with Crippen molar-refractivity contribution < 1.29 is 9.59 Å². The second-order valence-electron chi connectivity index (χ2n) is 4.53. The topological polar surface area (TPSA) is 49.4 Å². The molecule has 20 heavy (non-hydrogen) atoms. The highest BCUT2D eigenvalue weighted by Gasteiger charge is 2.52. The molecule has 1 N–H and O–H groups in total. The molecule has 3 amide bonds. The van der Waals surface area contributed by atoms with E-state index in [9.17, 15) is 9.59 Å². The number of urea groups is 1. The van der Waals surface area contributed by atoms with Crippen LogP contribution in [0.4, 0.5) is 4.79 Å². The summed E-state index contributed by atoms with van der Waals surface area (Å²) < 4.78 is 0.819. The summed E-state index contributed by atoms with van der Waals surface area (Å²) in [6.07, 6.45) is 0. The van der Waals surface area contributed by atoms with Crippen LogP contribution in [0.3, 0.4) is 0 Å². The fraction of sp³-hybridized carbons (Fsp3) is 0.0667. The number of hydrogen-bond donors (Lipinski definition) is 2. The molecule has 0 bridgehead atoms. The quantitative estimate of drug-likeness (QED) is 0.657. The van der Waals surface area contributed by atoms with E-state index in [1.54, 1.807) is 0 Å². The van der Waals surface area contributed by atoms with Crippen LogP contribution in [0, 0.1) is 0 Å². The second kappa shape index (κ2) is 4.68. The molecule has 2 aromatic rings. The Balaban J connectivity index is 2.25. The molecule has 100 valence electrons. The summed E-state index contributed by atoms with van der Waals surface area (Å²) in [5.74, 6) is -0.400. The maximum atomic E-state index is 12.6. The van der Waals surface area contributed by atoms with Crippen molar-refractivity contribution in [2.75, 3.05) is 0 Å². The fourth-order valence-corrected chi connectivity index (χ4v) is 2.65. The summed E-state index contributed by atoms with van der Waals surface area (Å²) in [6, 6.07) is 17.8. The van der Waals surface area contributed by atoms with Gasteiger partial charge in [0.15, 0.2) is 5.54 Å². The van der Waals surface area contributed by atoms with Crippen molar-refractivity contribution in [1.82, 2.24) is 9.62 Å². The van der Waals surface area contributed by atoms with Crippen molar-refractivity contribution in [3.05, 3.63) is 71.8 Å². The van der Waals surface area contributed by atoms with Crippen LogP contribution >= 0.6 is 12.8 Å². The Bertz CT molecular complexity index is 619. The molecule has 1 aliphatic heterocycles. The van der Waals surface area contributed by atoms with Crippen LogP contribution in [0.1, 0.15) is 11.1 Å². The van der Waals surface area contributed by atoms with Crippen LogP contribution in [-0.2, 0) is 10.3 Å². The van der Waals surface area contributed by atoms with Crippen molar-refractivity contribution in [3.8, 4) is 0 Å². The van der Waals surface area contributed by atoms with Gasteiger partial charge in [0.05, 0.1) is 0 Å². The molecule has 0 spiro atoms. The van der Waals surface area contributed by atoms with Gasteiger partial charge in [-0.2, -0.15) is 0 Å². The van der Waals surface area contributed by atoms with Gasteiger partial charge in [0.25, 0.3) is 5.91 Å². The van der Waals surface area contributed by atoms with E-state index in [4.69, 9.17) is 0 Å². The SMILES string of the molecule is O=C1NC(c2ccccc2)(c2ccccc2)C(=O)N1S. The minimum absolute atomic E-state index is 0.400. The third-order valence-corrected chi connectivity index (χ3v) is 3.78. The van der Waals surface area contributed by atoms with Gasteiger partial charge in [0, 0.05) is 0 Å². The molecule has 4 nitrogen and oxygen atoms in total. The molecule has 1 heterocycles. The van der Waals surface area contributed by atoms with Gasteiger partial charge in [-0.15, -0.1) is 0 Å². The van der Waals surface area contributed by atoms with Crippen LogP contribution in [0.25, 0.3) is 0 Å². The third kappa shape index (κ3) is 1.71. The number of hydrogen-bond acceptors (Lipinski definition) is 3. The molecular weight excluding hydrogens is 272 g/mol. The van der Waals surface area contributed by atoms with Crippen LogP contribution in [0.15, 0.2) is 60.7 Å². The molecule has 0 radical (unpaired) electrons. The summed E-state index contributed by atoms with van der Waals surface area (Å²) in [5.41, 5.74) is 0.212. The molecular formula is C15H12N2O2S. The maximum Gasteiger partial charge on any atom is 0.335 e. The van der Waals surface area contributed by atoms with E-state index in [0.29, 0.717) is 11.1 Å². The number of thiol groups is 1. The minimum Gasteiger partial charge on any atom is -0.315 e. The van der Waals surface area contributed by atoms with Crippen molar-refractivity contribution in [2.24, 2.45) is 0 Å². The number of benzene rings is 2. The summed E-state index contributed by atoms with van der Waals surface area (Å²) >= 11 is 3.97. The molecule has 1 saturated heterocycles. The molecule has 1 fully saturated rings. The zero-order valence-electron chi connectivity index (χ0n) is 10.5. The number of carbonyl (C=O) groups is 2. The van der Waals surface area contributed by atoms with Gasteiger partial charge in [0.1, 0.15) is 0 Å². The first-order valence-corrected chi connectivity index (χ1v) is 6.53. The van der Waals surface area contributed by atoms with E-state index in [2.05, 4.69) is 18.1 Å². The first kappa shape index (κ1) is 12.7. The van der Waals surface area contributed by atoms with E-state index < -0.39 is 17.5 Å². The lowest BCUT2D eigenvalue weighted by atomic mass is 9.83. The van der Waals surface area contributed by atoms with Crippen LogP contribution in [0.5, 0.6) is 0 Å². The smallest absolute Gasteiger partial charge is 0.315 e. The van der Waals surface area contributed by atoms with Crippen molar-refractivity contribution >= 4 is 24.8 Å². The normalized spacial score (nSPS) is 17.1. The van der Waals surface area contributed by atoms with Crippen LogP contribution in [-0.4, -0.2) is 16.2 Å². The largest absolute Gasteiger partial charge is 0.335 e. The predicted octanol–water partition coefficient (Wildman–Crippen LogP) is 2.33. The summed E-state index contributed by atoms with van der Waals surface area (Å²) in [4.78, 5) is 24.5. The molecule has 0 saturated carbocycles. The molecule has 3 rings (SSSR count). The van der Waals surface area contributed by atoms with Gasteiger partial charge < -0.3 is 5.32 Å². The fourth-order valence-electron chi connectivity index (χ4n) is 2.45. The van der Waals surface area contributed by atoms with E-state index in [1.807, 2.05) is 60.7 Å². The van der Waals surface area contributed by atoms with Crippen LogP contribution in [0.2, 0.25) is 0 Å². The maximum absolute atomic E-state index is 12.6. The Morgan fingerprint density at radius 3 is 1.65 bits per heavy atom. The highest BCUT2D eigenvalue weighted by atomic mass is 32.1. The standard InChI is InChI=1S/C15H12N2O2S/c18-13-15(16-14(19)17(13)20,11-7-3-1-4-8-11)12-9-5-2-6-10-12/h1-10,20H,(H,16,19). The molecule has 0 atom stereocenters. The first-order valence-electron chi connectivity index (χ1n) is 6.13. The molecule has 0 unspecified atom stereocenters. The Labute approximate surface area is 122 Å². The summed E-state index contributed by atoms with van der Waals surface area (Å²) in [6.45, 7) is 0. The van der Waals surface area contributed by atoms with Crippen LogP contribution < -0.4 is 5.32 Å². The van der Waals surface area contributed by atoms with Gasteiger partial charge in [-0.1, -0.05) is 73.5 Å². The highest BCUT2D eigenvalue weighted by molar-refractivity contribution is 7.79. The second-order valence-corrected chi connectivity index (χ2v) is 4.93. The number of rotatable bonds is 2. The lowest BCUT2D eigenvalue weighted by molar-refractivity contribution is -0.126. The number of carbonyl (C=O) groups excluding carboxylic acids is 2. The van der Waals surface area contributed by atoms with Crippen molar-refractivity contribution in [1.29, 1.82) is 0 Å². The third-order valence-electron chi connectivity index (χ3n) is 3.41. The average Bonchev–Trinajstić information content (AvgIpc) is 2.74. The zero-order valence-corrected chi connectivity index (χ0v) is 11.4. The number of nitrogens with zero attached hydrogens (tertiary/aromatic N) is 1. The van der Waals surface area contributed by atoms with Gasteiger partial charge in [-0.05, 0) is 11.1 Å². The van der Waals surface area contributed by atoms with Gasteiger partial charge in [0.2, 0.25) is 0 Å². The Morgan fingerprint density at radius 2 is 1.30 bits per heavy atom. The molecule has 0 aromatic heterocycles. The predicted molar refractivity (Wildman–Crippen MR) is 78.0 cm³/mol.